The molecule has 104 valence electrons. The minimum Gasteiger partial charge on any atom is -0.462 e. The molecule has 0 saturated heterocycles. The Labute approximate surface area is 128 Å². The van der Waals surface area contributed by atoms with Crippen molar-refractivity contribution in [1.82, 2.24) is 0 Å². The summed E-state index contributed by atoms with van der Waals surface area (Å²) in [6, 6.07) is 13.4. The van der Waals surface area contributed by atoms with Crippen LogP contribution in [-0.4, -0.2) is 12.6 Å². The summed E-state index contributed by atoms with van der Waals surface area (Å²) in [6.45, 7) is 2.05. The van der Waals surface area contributed by atoms with E-state index >= 15 is 0 Å². The van der Waals surface area contributed by atoms with Gasteiger partial charge in [-0.25, -0.2) is 4.79 Å². The molecule has 0 N–H and O–H groups in total. The lowest BCUT2D eigenvalue weighted by molar-refractivity contribution is 0.0526. The molecule has 0 saturated carbocycles. The summed E-state index contributed by atoms with van der Waals surface area (Å²) in [7, 11) is 0. The van der Waals surface area contributed by atoms with Crippen LogP contribution in [0.15, 0.2) is 42.5 Å². The number of carbonyl (C=O) groups is 1. The number of esters is 1. The van der Waals surface area contributed by atoms with Gasteiger partial charge in [-0.05, 0) is 30.5 Å². The quantitative estimate of drug-likeness (QED) is 0.761. The van der Waals surface area contributed by atoms with Crippen LogP contribution in [0.25, 0.3) is 0 Å². The maximum Gasteiger partial charge on any atom is 0.339 e. The number of hydrogen-bond donors (Lipinski definition) is 0. The van der Waals surface area contributed by atoms with Gasteiger partial charge in [-0.15, -0.1) is 0 Å². The molecule has 0 spiro atoms. The summed E-state index contributed by atoms with van der Waals surface area (Å²) < 4.78 is 4.94. The summed E-state index contributed by atoms with van der Waals surface area (Å²) >= 11 is 12.4. The van der Waals surface area contributed by atoms with Crippen LogP contribution in [0, 0.1) is 0 Å². The molecule has 0 aliphatic carbocycles. The summed E-state index contributed by atoms with van der Waals surface area (Å²) in [5, 5.41) is 0.652. The molecule has 0 aliphatic heterocycles. The van der Waals surface area contributed by atoms with Crippen LogP contribution in [0.1, 0.15) is 28.4 Å². The van der Waals surface area contributed by atoms with E-state index in [0.717, 1.165) is 11.1 Å². The first kappa shape index (κ1) is 14.9. The maximum absolute atomic E-state index is 11.7. The van der Waals surface area contributed by atoms with Gasteiger partial charge in [-0.2, -0.15) is 0 Å². The predicted molar refractivity (Wildman–Crippen MR) is 81.7 cm³/mol. The van der Waals surface area contributed by atoms with Gasteiger partial charge in [-0.3, -0.25) is 0 Å². The highest BCUT2D eigenvalue weighted by Crippen LogP contribution is 2.31. The van der Waals surface area contributed by atoms with E-state index in [1.54, 1.807) is 13.0 Å². The van der Waals surface area contributed by atoms with Crippen molar-refractivity contribution in [3.63, 3.8) is 0 Å². The summed E-state index contributed by atoms with van der Waals surface area (Å²) in [5.74, 6) is -0.453. The number of carbonyl (C=O) groups excluding carboxylic acids is 1. The Hall–Kier alpha value is -1.51. The van der Waals surface area contributed by atoms with Crippen molar-refractivity contribution in [2.75, 3.05) is 6.61 Å². The third-order valence-corrected chi connectivity index (χ3v) is 3.82. The second-order valence-corrected chi connectivity index (χ2v) is 5.04. The van der Waals surface area contributed by atoms with Gasteiger partial charge in [-0.1, -0.05) is 59.6 Å². The van der Waals surface area contributed by atoms with Crippen molar-refractivity contribution in [2.45, 2.75) is 13.3 Å². The number of hydrogen-bond acceptors (Lipinski definition) is 2. The molecule has 0 aromatic heterocycles. The third kappa shape index (κ3) is 3.33. The van der Waals surface area contributed by atoms with Gasteiger partial charge in [0.15, 0.2) is 0 Å². The van der Waals surface area contributed by atoms with Gasteiger partial charge in [0.25, 0.3) is 0 Å². The third-order valence-electron chi connectivity index (χ3n) is 2.90. The van der Waals surface area contributed by atoms with Gasteiger partial charge < -0.3 is 4.74 Å². The number of ether oxygens (including phenoxy) is 1. The Kier molecular flexibility index (Phi) is 5.05. The van der Waals surface area contributed by atoms with E-state index in [2.05, 4.69) is 0 Å². The van der Waals surface area contributed by atoms with Crippen LogP contribution >= 0.6 is 23.2 Å². The molecule has 20 heavy (non-hydrogen) atoms. The van der Waals surface area contributed by atoms with Gasteiger partial charge >= 0.3 is 5.97 Å². The van der Waals surface area contributed by atoms with Crippen molar-refractivity contribution in [3.05, 3.63) is 69.2 Å². The second-order valence-electron chi connectivity index (χ2n) is 4.28. The topological polar surface area (TPSA) is 26.3 Å². The number of rotatable bonds is 4. The molecule has 0 atom stereocenters. The van der Waals surface area contributed by atoms with E-state index in [1.165, 1.54) is 0 Å². The summed E-state index contributed by atoms with van der Waals surface area (Å²) in [6.07, 6.45) is 0.669. The lowest BCUT2D eigenvalue weighted by Gasteiger charge is -2.10. The summed E-state index contributed by atoms with van der Waals surface area (Å²) in [4.78, 5) is 11.7. The van der Waals surface area contributed by atoms with E-state index in [1.807, 2.05) is 36.4 Å². The zero-order chi connectivity index (χ0) is 14.5. The number of benzene rings is 2. The van der Waals surface area contributed by atoms with Crippen LogP contribution in [0.4, 0.5) is 0 Å². The Morgan fingerprint density at radius 1 is 1.05 bits per heavy atom. The lowest BCUT2D eigenvalue weighted by Crippen LogP contribution is -2.06. The van der Waals surface area contributed by atoms with Crippen molar-refractivity contribution >= 4 is 29.2 Å². The molecule has 2 rings (SSSR count). The number of halogens is 2. The molecule has 0 amide bonds. The van der Waals surface area contributed by atoms with E-state index in [-0.39, 0.29) is 5.02 Å². The standard InChI is InChI=1S/C16H14Cl2O2/c1-2-20-16(19)13-9-8-12(14(17)15(13)18)10-11-6-4-3-5-7-11/h3-9H,2,10H2,1H3. The first-order valence-electron chi connectivity index (χ1n) is 6.31. The highest BCUT2D eigenvalue weighted by molar-refractivity contribution is 6.44. The minimum absolute atomic E-state index is 0.249. The molecule has 0 fully saturated rings. The van der Waals surface area contributed by atoms with Crippen LogP contribution in [0.5, 0.6) is 0 Å². The van der Waals surface area contributed by atoms with Crippen LogP contribution in [0.3, 0.4) is 0 Å². The van der Waals surface area contributed by atoms with Gasteiger partial charge in [0, 0.05) is 0 Å². The average molecular weight is 309 g/mol. The van der Waals surface area contributed by atoms with Gasteiger partial charge in [0.05, 0.1) is 22.2 Å². The highest BCUT2D eigenvalue weighted by atomic mass is 35.5. The molecular formula is C16H14Cl2O2. The fraction of sp³-hybridized carbons (Fsp3) is 0.188. The van der Waals surface area contributed by atoms with Crippen LogP contribution in [-0.2, 0) is 11.2 Å². The SMILES string of the molecule is CCOC(=O)c1ccc(Cc2ccccc2)c(Cl)c1Cl. The lowest BCUT2D eigenvalue weighted by atomic mass is 10.0. The summed E-state index contributed by atoms with van der Waals surface area (Å²) in [5.41, 5.74) is 2.32. The van der Waals surface area contributed by atoms with Crippen molar-refractivity contribution in [1.29, 1.82) is 0 Å². The van der Waals surface area contributed by atoms with Crippen LogP contribution < -0.4 is 0 Å². The smallest absolute Gasteiger partial charge is 0.339 e. The zero-order valence-electron chi connectivity index (χ0n) is 11.0. The van der Waals surface area contributed by atoms with Crippen molar-refractivity contribution < 1.29 is 9.53 Å². The Morgan fingerprint density at radius 2 is 1.75 bits per heavy atom. The Bertz CT molecular complexity index is 609. The highest BCUT2D eigenvalue weighted by Gasteiger charge is 2.16. The van der Waals surface area contributed by atoms with Crippen molar-refractivity contribution in [2.24, 2.45) is 0 Å². The molecular weight excluding hydrogens is 295 g/mol. The molecule has 2 nitrogen and oxygen atoms in total. The largest absolute Gasteiger partial charge is 0.462 e. The maximum atomic E-state index is 11.7. The van der Waals surface area contributed by atoms with Gasteiger partial charge in [0.2, 0.25) is 0 Å². The molecule has 0 unspecified atom stereocenters. The molecule has 4 heteroatoms. The van der Waals surface area contributed by atoms with Crippen molar-refractivity contribution in [3.8, 4) is 0 Å². The monoisotopic (exact) mass is 308 g/mol. The minimum atomic E-state index is -0.453. The Balaban J connectivity index is 2.29. The first-order valence-corrected chi connectivity index (χ1v) is 7.07. The van der Waals surface area contributed by atoms with E-state index in [4.69, 9.17) is 27.9 Å². The molecule has 0 radical (unpaired) electrons. The molecule has 0 aliphatic rings. The van der Waals surface area contributed by atoms with Crippen LogP contribution in [0.2, 0.25) is 10.0 Å². The molecule has 2 aromatic rings. The fourth-order valence-electron chi connectivity index (χ4n) is 1.91. The zero-order valence-corrected chi connectivity index (χ0v) is 12.5. The Morgan fingerprint density at radius 3 is 2.40 bits per heavy atom. The van der Waals surface area contributed by atoms with E-state index in [0.29, 0.717) is 23.6 Å². The molecule has 2 aromatic carbocycles. The molecule has 0 heterocycles. The normalized spacial score (nSPS) is 10.3. The van der Waals surface area contributed by atoms with E-state index in [9.17, 15) is 4.79 Å². The molecule has 0 bridgehead atoms. The van der Waals surface area contributed by atoms with Gasteiger partial charge in [0.1, 0.15) is 0 Å². The van der Waals surface area contributed by atoms with E-state index < -0.39 is 5.97 Å². The first-order chi connectivity index (χ1) is 9.63. The second kappa shape index (κ2) is 6.78. The fourth-order valence-corrected chi connectivity index (χ4v) is 2.40. The average Bonchev–Trinajstić information content (AvgIpc) is 2.45. The predicted octanol–water partition coefficient (Wildman–Crippen LogP) is 4.76.